The van der Waals surface area contributed by atoms with Crippen LogP contribution in [0.5, 0.6) is 5.75 Å². The number of hydrogen-bond acceptors (Lipinski definition) is 3. The molecule has 0 unspecified atom stereocenters. The fourth-order valence-corrected chi connectivity index (χ4v) is 1.46. The monoisotopic (exact) mass is 280 g/mol. The summed E-state index contributed by atoms with van der Waals surface area (Å²) in [6.07, 6.45) is 0.383. The number of benzene rings is 1. The van der Waals surface area contributed by atoms with Crippen molar-refractivity contribution in [1.82, 2.24) is 0 Å². The Labute approximate surface area is 119 Å². The van der Waals surface area contributed by atoms with Gasteiger partial charge in [0.15, 0.2) is 0 Å². The Hall–Kier alpha value is -1.57. The molecular weight excluding hydrogens is 259 g/mol. The maximum atomic E-state index is 13.2. The van der Waals surface area contributed by atoms with Gasteiger partial charge in [-0.05, 0) is 18.1 Å². The van der Waals surface area contributed by atoms with Crippen LogP contribution in [0.4, 0.5) is 4.39 Å². The van der Waals surface area contributed by atoms with Gasteiger partial charge in [-0.1, -0.05) is 25.7 Å². The second-order valence-electron chi connectivity index (χ2n) is 4.73. The number of ether oxygens (including phenoxy) is 2. The summed E-state index contributed by atoms with van der Waals surface area (Å²) in [6.45, 7) is 5.64. The molecule has 0 aromatic heterocycles. The Bertz CT molecular complexity index is 461. The second kappa shape index (κ2) is 9.35. The van der Waals surface area contributed by atoms with Crippen molar-refractivity contribution in [3.8, 4) is 17.6 Å². The molecule has 3 nitrogen and oxygen atoms in total. The summed E-state index contributed by atoms with van der Waals surface area (Å²) in [4.78, 5) is 0. The first-order valence-corrected chi connectivity index (χ1v) is 6.73. The zero-order valence-corrected chi connectivity index (χ0v) is 12.0. The molecule has 0 atom stereocenters. The highest BCUT2D eigenvalue weighted by Gasteiger charge is 2.04. The molecule has 0 saturated heterocycles. The molecule has 0 aliphatic rings. The quantitative estimate of drug-likeness (QED) is 0.616. The molecular formula is C16H21FO3. The first-order chi connectivity index (χ1) is 9.63. The zero-order valence-electron chi connectivity index (χ0n) is 12.0. The van der Waals surface area contributed by atoms with E-state index in [-0.39, 0.29) is 12.4 Å². The van der Waals surface area contributed by atoms with Gasteiger partial charge in [0, 0.05) is 19.1 Å². The lowest BCUT2D eigenvalue weighted by Gasteiger charge is -2.10. The molecule has 0 heterocycles. The van der Waals surface area contributed by atoms with Gasteiger partial charge >= 0.3 is 0 Å². The topological polar surface area (TPSA) is 38.7 Å². The molecule has 0 fully saturated rings. The summed E-state index contributed by atoms with van der Waals surface area (Å²) in [6, 6.07) is 4.22. The lowest BCUT2D eigenvalue weighted by molar-refractivity contribution is 0.0817. The molecule has 110 valence electrons. The third kappa shape index (κ3) is 6.55. The largest absolute Gasteiger partial charge is 0.490 e. The van der Waals surface area contributed by atoms with Crippen LogP contribution in [0.3, 0.4) is 0 Å². The average Bonchev–Trinajstić information content (AvgIpc) is 2.40. The molecule has 0 aliphatic carbocycles. The van der Waals surface area contributed by atoms with Gasteiger partial charge < -0.3 is 14.6 Å². The van der Waals surface area contributed by atoms with Gasteiger partial charge in [0.05, 0.1) is 18.8 Å². The van der Waals surface area contributed by atoms with E-state index >= 15 is 0 Å². The van der Waals surface area contributed by atoms with Crippen molar-refractivity contribution in [2.45, 2.75) is 20.3 Å². The molecule has 1 aromatic rings. The van der Waals surface area contributed by atoms with Gasteiger partial charge in [-0.3, -0.25) is 0 Å². The first kappa shape index (κ1) is 16.5. The van der Waals surface area contributed by atoms with E-state index in [9.17, 15) is 4.39 Å². The van der Waals surface area contributed by atoms with Gasteiger partial charge in [-0.25, -0.2) is 4.39 Å². The zero-order chi connectivity index (χ0) is 14.8. The van der Waals surface area contributed by atoms with Gasteiger partial charge in [-0.15, -0.1) is 0 Å². The highest BCUT2D eigenvalue weighted by atomic mass is 19.1. The molecule has 1 N–H and O–H groups in total. The molecule has 4 heteroatoms. The van der Waals surface area contributed by atoms with Crippen molar-refractivity contribution in [1.29, 1.82) is 0 Å². The molecule has 1 aromatic carbocycles. The van der Waals surface area contributed by atoms with Gasteiger partial charge in [0.1, 0.15) is 18.2 Å². The predicted molar refractivity (Wildman–Crippen MR) is 76.1 cm³/mol. The van der Waals surface area contributed by atoms with Crippen LogP contribution in [0, 0.1) is 23.6 Å². The normalized spacial score (nSPS) is 10.2. The Kier molecular flexibility index (Phi) is 7.71. The van der Waals surface area contributed by atoms with Crippen molar-refractivity contribution >= 4 is 0 Å². The Morgan fingerprint density at radius 3 is 2.80 bits per heavy atom. The predicted octanol–water partition coefficient (Wildman–Crippen LogP) is 2.61. The summed E-state index contributed by atoms with van der Waals surface area (Å²) in [7, 11) is 0. The summed E-state index contributed by atoms with van der Waals surface area (Å²) in [5.74, 6) is 6.17. The summed E-state index contributed by atoms with van der Waals surface area (Å²) < 4.78 is 24.1. The number of halogens is 1. The molecule has 0 amide bonds. The third-order valence-corrected chi connectivity index (χ3v) is 2.34. The number of aliphatic hydroxyl groups is 1. The molecule has 0 bridgehead atoms. The molecule has 20 heavy (non-hydrogen) atoms. The minimum Gasteiger partial charge on any atom is -0.490 e. The molecule has 0 spiro atoms. The van der Waals surface area contributed by atoms with Crippen LogP contribution in [-0.4, -0.2) is 31.5 Å². The fourth-order valence-electron chi connectivity index (χ4n) is 1.46. The van der Waals surface area contributed by atoms with Crippen LogP contribution < -0.4 is 4.74 Å². The molecule has 0 radical (unpaired) electrons. The number of hydrogen-bond donors (Lipinski definition) is 1. The van der Waals surface area contributed by atoms with Crippen LogP contribution in [0.25, 0.3) is 0 Å². The van der Waals surface area contributed by atoms with Crippen molar-refractivity contribution in [2.24, 2.45) is 5.92 Å². The van der Waals surface area contributed by atoms with E-state index in [0.29, 0.717) is 43.5 Å². The van der Waals surface area contributed by atoms with Crippen molar-refractivity contribution in [3.63, 3.8) is 0 Å². The number of rotatable bonds is 7. The minimum atomic E-state index is -0.365. The average molecular weight is 280 g/mol. The van der Waals surface area contributed by atoms with E-state index < -0.39 is 0 Å². The van der Waals surface area contributed by atoms with Gasteiger partial charge in [0.25, 0.3) is 0 Å². The standard InChI is InChI=1S/C16H21FO3/c1-13(2)12-19-9-10-20-16-11-15(17)7-6-14(16)5-3-4-8-18/h6-7,11,13,18H,4,8-10,12H2,1-2H3. The lowest BCUT2D eigenvalue weighted by Crippen LogP contribution is -2.10. The smallest absolute Gasteiger partial charge is 0.137 e. The van der Waals surface area contributed by atoms with Crippen LogP contribution in [0.15, 0.2) is 18.2 Å². The van der Waals surface area contributed by atoms with E-state index in [1.807, 2.05) is 0 Å². The third-order valence-electron chi connectivity index (χ3n) is 2.34. The van der Waals surface area contributed by atoms with Crippen molar-refractivity contribution < 1.29 is 19.0 Å². The summed E-state index contributed by atoms with van der Waals surface area (Å²) >= 11 is 0. The summed E-state index contributed by atoms with van der Waals surface area (Å²) in [5.41, 5.74) is 0.615. The Morgan fingerprint density at radius 1 is 1.30 bits per heavy atom. The summed E-state index contributed by atoms with van der Waals surface area (Å²) in [5, 5.41) is 8.69. The maximum absolute atomic E-state index is 13.2. The number of aliphatic hydroxyl groups excluding tert-OH is 1. The highest BCUT2D eigenvalue weighted by molar-refractivity contribution is 5.46. The van der Waals surface area contributed by atoms with E-state index in [1.165, 1.54) is 12.1 Å². The van der Waals surface area contributed by atoms with E-state index in [2.05, 4.69) is 25.7 Å². The second-order valence-corrected chi connectivity index (χ2v) is 4.73. The molecule has 0 aliphatic heterocycles. The van der Waals surface area contributed by atoms with Crippen LogP contribution >= 0.6 is 0 Å². The van der Waals surface area contributed by atoms with Gasteiger partial charge in [-0.2, -0.15) is 0 Å². The van der Waals surface area contributed by atoms with Crippen LogP contribution in [-0.2, 0) is 4.74 Å². The maximum Gasteiger partial charge on any atom is 0.137 e. The first-order valence-electron chi connectivity index (χ1n) is 6.73. The lowest BCUT2D eigenvalue weighted by atomic mass is 10.2. The van der Waals surface area contributed by atoms with Crippen molar-refractivity contribution in [3.05, 3.63) is 29.6 Å². The van der Waals surface area contributed by atoms with Crippen LogP contribution in [0.1, 0.15) is 25.8 Å². The Morgan fingerprint density at radius 2 is 2.10 bits per heavy atom. The minimum absolute atomic E-state index is 0.00737. The molecule has 1 rings (SSSR count). The van der Waals surface area contributed by atoms with Crippen LogP contribution in [0.2, 0.25) is 0 Å². The highest BCUT2D eigenvalue weighted by Crippen LogP contribution is 2.19. The fraction of sp³-hybridized carbons (Fsp3) is 0.500. The van der Waals surface area contributed by atoms with E-state index in [0.717, 1.165) is 0 Å². The molecule has 0 saturated carbocycles. The van der Waals surface area contributed by atoms with Gasteiger partial charge in [0.2, 0.25) is 0 Å². The van der Waals surface area contributed by atoms with E-state index in [1.54, 1.807) is 6.07 Å². The van der Waals surface area contributed by atoms with E-state index in [4.69, 9.17) is 14.6 Å². The van der Waals surface area contributed by atoms with Crippen molar-refractivity contribution in [2.75, 3.05) is 26.4 Å². The SMILES string of the molecule is CC(C)COCCOc1cc(F)ccc1C#CCCO. The Balaban J connectivity index is 2.54.